The van der Waals surface area contributed by atoms with E-state index in [1.54, 1.807) is 18.2 Å². The monoisotopic (exact) mass is 623 g/mol. The molecule has 0 bridgehead atoms. The fourth-order valence-electron chi connectivity index (χ4n) is 5.84. The van der Waals surface area contributed by atoms with Gasteiger partial charge < -0.3 is 19.5 Å². The average Bonchev–Trinajstić information content (AvgIpc) is 3.09. The Morgan fingerprint density at radius 1 is 0.617 bits per heavy atom. The first-order valence-electron chi connectivity index (χ1n) is 15.8. The van der Waals surface area contributed by atoms with Crippen molar-refractivity contribution in [3.05, 3.63) is 190 Å². The molecule has 0 aliphatic heterocycles. The predicted molar refractivity (Wildman–Crippen MR) is 186 cm³/mol. The van der Waals surface area contributed by atoms with Crippen LogP contribution in [0.5, 0.6) is 17.2 Å². The molecule has 6 rings (SSSR count). The highest BCUT2D eigenvalue weighted by Gasteiger charge is 2.21. The number of ether oxygens (including phenoxy) is 2. The highest BCUT2D eigenvalue weighted by atomic mass is 19.1. The van der Waals surface area contributed by atoms with Gasteiger partial charge in [0.25, 0.3) is 0 Å². The summed E-state index contributed by atoms with van der Waals surface area (Å²) in [6, 6.07) is 46.5. The summed E-state index contributed by atoms with van der Waals surface area (Å²) >= 11 is 0. The first-order valence-corrected chi connectivity index (χ1v) is 15.8. The summed E-state index contributed by atoms with van der Waals surface area (Å²) in [5.74, 6) is 1.09. The number of halogens is 1. The molecule has 0 saturated heterocycles. The van der Waals surface area contributed by atoms with Crippen molar-refractivity contribution in [2.75, 3.05) is 4.90 Å². The van der Waals surface area contributed by atoms with E-state index in [9.17, 15) is 9.50 Å². The molecule has 1 N–H and O–H groups in total. The van der Waals surface area contributed by atoms with Gasteiger partial charge in [-0.3, -0.25) is 0 Å². The van der Waals surface area contributed by atoms with Crippen LogP contribution in [0, 0.1) is 19.7 Å². The predicted octanol–water partition coefficient (Wildman–Crippen LogP) is 10.1. The van der Waals surface area contributed by atoms with Gasteiger partial charge in [0.2, 0.25) is 0 Å². The maximum Gasteiger partial charge on any atom is 0.169 e. The van der Waals surface area contributed by atoms with E-state index < -0.39 is 6.10 Å². The molecule has 6 aromatic carbocycles. The van der Waals surface area contributed by atoms with Crippen LogP contribution in [0.4, 0.5) is 10.1 Å². The van der Waals surface area contributed by atoms with Gasteiger partial charge in [-0.1, -0.05) is 97.1 Å². The minimum Gasteiger partial charge on any atom is -0.485 e. The van der Waals surface area contributed by atoms with Crippen molar-refractivity contribution in [2.45, 2.75) is 39.6 Å². The zero-order valence-electron chi connectivity index (χ0n) is 26.6. The van der Waals surface area contributed by atoms with Crippen LogP contribution in [0.1, 0.15) is 45.0 Å². The average molecular weight is 624 g/mol. The van der Waals surface area contributed by atoms with E-state index in [2.05, 4.69) is 65.6 Å². The molecule has 1 unspecified atom stereocenters. The lowest BCUT2D eigenvalue weighted by molar-refractivity contribution is 0.218. The van der Waals surface area contributed by atoms with E-state index >= 15 is 0 Å². The summed E-state index contributed by atoms with van der Waals surface area (Å²) < 4.78 is 26.0. The number of aliphatic hydroxyl groups excluding tert-OH is 1. The van der Waals surface area contributed by atoms with Gasteiger partial charge in [0.1, 0.15) is 24.3 Å². The third kappa shape index (κ3) is 8.07. The van der Waals surface area contributed by atoms with Crippen LogP contribution in [0.15, 0.2) is 146 Å². The second-order valence-corrected chi connectivity index (χ2v) is 11.8. The minimum atomic E-state index is -0.903. The number of hydrogen-bond acceptors (Lipinski definition) is 4. The zero-order valence-corrected chi connectivity index (χ0v) is 26.6. The molecule has 0 aliphatic rings. The molecule has 0 saturated carbocycles. The van der Waals surface area contributed by atoms with E-state index in [1.165, 1.54) is 23.3 Å². The maximum absolute atomic E-state index is 13.6. The summed E-state index contributed by atoms with van der Waals surface area (Å²) in [6.45, 7) is 5.96. The fourth-order valence-corrected chi connectivity index (χ4v) is 5.84. The van der Waals surface area contributed by atoms with Crippen LogP contribution in [0.2, 0.25) is 0 Å². The molecular weight excluding hydrogens is 585 g/mol. The van der Waals surface area contributed by atoms with Crippen LogP contribution in [-0.2, 0) is 19.7 Å². The molecule has 0 fully saturated rings. The third-order valence-corrected chi connectivity index (χ3v) is 8.21. The van der Waals surface area contributed by atoms with Gasteiger partial charge in [-0.2, -0.15) is 0 Å². The van der Waals surface area contributed by atoms with Gasteiger partial charge in [0, 0.05) is 18.8 Å². The van der Waals surface area contributed by atoms with Crippen LogP contribution >= 0.6 is 0 Å². The number of benzene rings is 6. The van der Waals surface area contributed by atoms with Crippen molar-refractivity contribution >= 4 is 5.69 Å². The Bertz CT molecular complexity index is 1830. The Morgan fingerprint density at radius 2 is 1.15 bits per heavy atom. The van der Waals surface area contributed by atoms with Crippen molar-refractivity contribution in [2.24, 2.45) is 0 Å². The van der Waals surface area contributed by atoms with Gasteiger partial charge >= 0.3 is 0 Å². The molecule has 0 radical (unpaired) electrons. The molecule has 1 atom stereocenters. The van der Waals surface area contributed by atoms with Crippen molar-refractivity contribution in [3.8, 4) is 17.2 Å². The first kappa shape index (κ1) is 31.6. The summed E-state index contributed by atoms with van der Waals surface area (Å²) in [5, 5.41) is 11.8. The molecule has 0 aromatic heterocycles. The Hall–Kier alpha value is -5.39. The lowest BCUT2D eigenvalue weighted by atomic mass is 9.92. The second-order valence-electron chi connectivity index (χ2n) is 11.8. The van der Waals surface area contributed by atoms with Crippen LogP contribution < -0.4 is 14.4 Å². The molecule has 5 heteroatoms. The summed E-state index contributed by atoms with van der Waals surface area (Å²) in [6.07, 6.45) is -0.903. The quantitative estimate of drug-likeness (QED) is 0.147. The Kier molecular flexibility index (Phi) is 9.95. The van der Waals surface area contributed by atoms with Crippen LogP contribution in [-0.4, -0.2) is 5.11 Å². The zero-order chi connectivity index (χ0) is 32.6. The highest BCUT2D eigenvalue weighted by Crippen LogP contribution is 2.38. The lowest BCUT2D eigenvalue weighted by Gasteiger charge is -2.28. The molecule has 0 aliphatic carbocycles. The summed E-state index contributed by atoms with van der Waals surface area (Å²) in [7, 11) is 0. The largest absolute Gasteiger partial charge is 0.485 e. The van der Waals surface area contributed by atoms with Gasteiger partial charge in [-0.05, 0) is 101 Å². The molecule has 6 aromatic rings. The minimum absolute atomic E-state index is 0.345. The molecule has 236 valence electrons. The van der Waals surface area contributed by atoms with E-state index in [0.29, 0.717) is 29.4 Å². The molecular formula is C42H38FNO3. The van der Waals surface area contributed by atoms with Crippen molar-refractivity contribution in [1.82, 2.24) is 0 Å². The molecule has 47 heavy (non-hydrogen) atoms. The SMILES string of the molecule is Cc1cc(N(Cc2ccccc2)Cc2ccccc2)cc(C)c1C(O)c1ccc(OCc2ccccc2)c(Oc2ccc(F)cc2)c1. The lowest BCUT2D eigenvalue weighted by Crippen LogP contribution is -2.22. The van der Waals surface area contributed by atoms with Crippen molar-refractivity contribution in [1.29, 1.82) is 0 Å². The number of aryl methyl sites for hydroxylation is 2. The van der Waals surface area contributed by atoms with Crippen molar-refractivity contribution in [3.63, 3.8) is 0 Å². The number of aliphatic hydroxyl groups is 1. The van der Waals surface area contributed by atoms with Crippen LogP contribution in [0.25, 0.3) is 0 Å². The van der Waals surface area contributed by atoms with Gasteiger partial charge in [-0.15, -0.1) is 0 Å². The first-order chi connectivity index (χ1) is 22.9. The Balaban J connectivity index is 1.30. The normalized spacial score (nSPS) is 11.6. The van der Waals surface area contributed by atoms with E-state index in [-0.39, 0.29) is 5.82 Å². The van der Waals surface area contributed by atoms with E-state index in [4.69, 9.17) is 9.47 Å². The van der Waals surface area contributed by atoms with Gasteiger partial charge in [0.15, 0.2) is 11.5 Å². The molecule has 0 amide bonds. The number of anilines is 1. The standard InChI is InChI=1S/C42H38FNO3/c1-30-24-37(44(27-32-12-6-3-7-13-32)28-33-14-8-4-9-15-33)25-31(2)41(30)42(45)35-18-23-39(46-29-34-16-10-5-11-17-34)40(26-35)47-38-21-19-36(43)20-22-38/h3-26,42,45H,27-29H2,1-2H3. The number of nitrogens with zero attached hydrogens (tertiary/aromatic N) is 1. The molecule has 0 spiro atoms. The smallest absolute Gasteiger partial charge is 0.169 e. The summed E-state index contributed by atoms with van der Waals surface area (Å²) in [4.78, 5) is 2.37. The third-order valence-electron chi connectivity index (χ3n) is 8.21. The van der Waals surface area contributed by atoms with E-state index in [1.807, 2.05) is 68.4 Å². The Labute approximate surface area is 276 Å². The molecule has 0 heterocycles. The van der Waals surface area contributed by atoms with Gasteiger partial charge in [-0.25, -0.2) is 4.39 Å². The maximum atomic E-state index is 13.6. The summed E-state index contributed by atoms with van der Waals surface area (Å²) in [5.41, 5.74) is 8.06. The molecule has 4 nitrogen and oxygen atoms in total. The highest BCUT2D eigenvalue weighted by molar-refractivity contribution is 5.57. The van der Waals surface area contributed by atoms with Gasteiger partial charge in [0.05, 0.1) is 0 Å². The topological polar surface area (TPSA) is 41.9 Å². The fraction of sp³-hybridized carbons (Fsp3) is 0.143. The number of rotatable bonds is 12. The number of hydrogen-bond donors (Lipinski definition) is 1. The second kappa shape index (κ2) is 14.8. The van der Waals surface area contributed by atoms with Crippen molar-refractivity contribution < 1.29 is 19.0 Å². The Morgan fingerprint density at radius 3 is 1.70 bits per heavy atom. The van der Waals surface area contributed by atoms with E-state index in [0.717, 1.165) is 41.0 Å². The van der Waals surface area contributed by atoms with Crippen LogP contribution in [0.3, 0.4) is 0 Å².